The molecular formula is C15H16ClN3O2. The molecular weight excluding hydrogens is 290 g/mol. The van der Waals surface area contributed by atoms with E-state index in [0.717, 1.165) is 11.4 Å². The highest BCUT2D eigenvalue weighted by atomic mass is 35.5. The third-order valence-electron chi connectivity index (χ3n) is 2.73. The highest BCUT2D eigenvalue weighted by Crippen LogP contribution is 2.15. The summed E-state index contributed by atoms with van der Waals surface area (Å²) in [6.45, 7) is 3.58. The van der Waals surface area contributed by atoms with Crippen LogP contribution in [-0.2, 0) is 4.79 Å². The van der Waals surface area contributed by atoms with E-state index in [2.05, 4.69) is 15.8 Å². The zero-order valence-electron chi connectivity index (χ0n) is 11.8. The molecule has 0 aliphatic carbocycles. The van der Waals surface area contributed by atoms with Crippen molar-refractivity contribution in [2.45, 2.75) is 19.9 Å². The highest BCUT2D eigenvalue weighted by molar-refractivity contribution is 6.30. The lowest BCUT2D eigenvalue weighted by molar-refractivity contribution is -0.121. The zero-order chi connectivity index (χ0) is 15.2. The number of rotatable bonds is 5. The van der Waals surface area contributed by atoms with Crippen LogP contribution in [-0.4, -0.2) is 18.2 Å². The number of nitrogens with zero attached hydrogens (tertiary/aromatic N) is 1. The second kappa shape index (κ2) is 6.95. The topological polar surface area (TPSA) is 66.6 Å². The van der Waals surface area contributed by atoms with E-state index in [4.69, 9.17) is 16.0 Å². The van der Waals surface area contributed by atoms with Crippen LogP contribution in [0.3, 0.4) is 0 Å². The van der Waals surface area contributed by atoms with Gasteiger partial charge in [0.15, 0.2) is 0 Å². The quantitative estimate of drug-likeness (QED) is 0.658. The van der Waals surface area contributed by atoms with Crippen molar-refractivity contribution in [1.29, 1.82) is 0 Å². The summed E-state index contributed by atoms with van der Waals surface area (Å²) in [6, 6.07) is 10.3. The lowest BCUT2D eigenvalue weighted by Gasteiger charge is -2.13. The Balaban J connectivity index is 1.86. The van der Waals surface area contributed by atoms with Crippen molar-refractivity contribution in [1.82, 2.24) is 5.43 Å². The third kappa shape index (κ3) is 4.65. The smallest absolute Gasteiger partial charge is 0.262 e. The molecule has 0 radical (unpaired) electrons. The fraction of sp³-hybridized carbons (Fsp3) is 0.200. The number of furan rings is 1. The van der Waals surface area contributed by atoms with E-state index in [-0.39, 0.29) is 5.91 Å². The molecule has 0 unspecified atom stereocenters. The lowest BCUT2D eigenvalue weighted by Crippen LogP contribution is -2.34. The molecule has 0 spiro atoms. The maximum Gasteiger partial charge on any atom is 0.262 e. The SMILES string of the molecule is Cc1ccc(/C=N\NC(=O)[C@@H](C)Nc2cccc(Cl)c2)o1. The van der Waals surface area contributed by atoms with E-state index < -0.39 is 6.04 Å². The average molecular weight is 306 g/mol. The maximum absolute atomic E-state index is 11.9. The van der Waals surface area contributed by atoms with Gasteiger partial charge >= 0.3 is 0 Å². The van der Waals surface area contributed by atoms with Gasteiger partial charge < -0.3 is 9.73 Å². The third-order valence-corrected chi connectivity index (χ3v) is 2.96. The van der Waals surface area contributed by atoms with Gasteiger partial charge in [0, 0.05) is 10.7 Å². The first-order chi connectivity index (χ1) is 10.0. The number of hydrogen-bond acceptors (Lipinski definition) is 4. The zero-order valence-corrected chi connectivity index (χ0v) is 12.5. The van der Waals surface area contributed by atoms with E-state index in [1.165, 1.54) is 6.21 Å². The number of halogens is 1. The Bertz CT molecular complexity index is 652. The predicted octanol–water partition coefficient (Wildman–Crippen LogP) is 3.19. The van der Waals surface area contributed by atoms with Crippen molar-refractivity contribution < 1.29 is 9.21 Å². The number of carbonyl (C=O) groups is 1. The molecule has 0 saturated carbocycles. The van der Waals surface area contributed by atoms with Crippen molar-refractivity contribution in [3.05, 3.63) is 52.9 Å². The number of anilines is 1. The van der Waals surface area contributed by atoms with E-state index in [1.807, 2.05) is 25.1 Å². The Morgan fingerprint density at radius 1 is 1.38 bits per heavy atom. The molecule has 0 aliphatic heterocycles. The molecule has 1 aromatic carbocycles. The maximum atomic E-state index is 11.9. The summed E-state index contributed by atoms with van der Waals surface area (Å²) < 4.78 is 5.30. The molecule has 1 amide bonds. The summed E-state index contributed by atoms with van der Waals surface area (Å²) in [6.07, 6.45) is 1.46. The molecule has 2 aromatic rings. The fourth-order valence-corrected chi connectivity index (χ4v) is 1.86. The molecule has 0 fully saturated rings. The fourth-order valence-electron chi connectivity index (χ4n) is 1.67. The Hall–Kier alpha value is -2.27. The van der Waals surface area contributed by atoms with Crippen molar-refractivity contribution in [3.63, 3.8) is 0 Å². The molecule has 1 aromatic heterocycles. The standard InChI is InChI=1S/C15H16ClN3O2/c1-10-6-7-14(21-10)9-17-19-15(20)11(2)18-13-5-3-4-12(16)8-13/h3-9,11,18H,1-2H3,(H,19,20)/b17-9-/t11-/m1/s1. The van der Waals surface area contributed by atoms with Crippen molar-refractivity contribution in [2.75, 3.05) is 5.32 Å². The molecule has 1 atom stereocenters. The summed E-state index contributed by atoms with van der Waals surface area (Å²) >= 11 is 5.89. The van der Waals surface area contributed by atoms with Crippen LogP contribution in [0.4, 0.5) is 5.69 Å². The summed E-state index contributed by atoms with van der Waals surface area (Å²) in [4.78, 5) is 11.9. The largest absolute Gasteiger partial charge is 0.460 e. The Labute approximate surface area is 128 Å². The van der Waals surface area contributed by atoms with Gasteiger partial charge in [-0.2, -0.15) is 5.10 Å². The number of amides is 1. The molecule has 0 aliphatic rings. The van der Waals surface area contributed by atoms with E-state index >= 15 is 0 Å². The van der Waals surface area contributed by atoms with Crippen LogP contribution in [0.25, 0.3) is 0 Å². The van der Waals surface area contributed by atoms with Gasteiger partial charge in [0.2, 0.25) is 0 Å². The van der Waals surface area contributed by atoms with Gasteiger partial charge in [-0.05, 0) is 44.2 Å². The van der Waals surface area contributed by atoms with Crippen LogP contribution in [0, 0.1) is 6.92 Å². The minimum Gasteiger partial charge on any atom is -0.460 e. The number of hydrogen-bond donors (Lipinski definition) is 2. The average Bonchev–Trinajstić information content (AvgIpc) is 2.84. The summed E-state index contributed by atoms with van der Waals surface area (Å²) in [7, 11) is 0. The molecule has 1 heterocycles. The van der Waals surface area contributed by atoms with Gasteiger partial charge in [-0.25, -0.2) is 5.43 Å². The molecule has 21 heavy (non-hydrogen) atoms. The first-order valence-corrected chi connectivity index (χ1v) is 6.84. The van der Waals surface area contributed by atoms with Crippen LogP contribution in [0.15, 0.2) is 45.9 Å². The van der Waals surface area contributed by atoms with Crippen molar-refractivity contribution >= 4 is 29.4 Å². The van der Waals surface area contributed by atoms with Gasteiger partial charge in [0.05, 0.1) is 6.21 Å². The van der Waals surface area contributed by atoms with Crippen LogP contribution in [0.5, 0.6) is 0 Å². The van der Waals surface area contributed by atoms with E-state index in [9.17, 15) is 4.79 Å². The minimum atomic E-state index is -0.445. The number of hydrazone groups is 1. The molecule has 2 N–H and O–H groups in total. The van der Waals surface area contributed by atoms with Gasteiger partial charge in [-0.15, -0.1) is 0 Å². The molecule has 2 rings (SSSR count). The van der Waals surface area contributed by atoms with Gasteiger partial charge in [0.1, 0.15) is 17.6 Å². The molecule has 0 bridgehead atoms. The van der Waals surface area contributed by atoms with Gasteiger partial charge in [-0.3, -0.25) is 4.79 Å². The van der Waals surface area contributed by atoms with Gasteiger partial charge in [0.25, 0.3) is 5.91 Å². The van der Waals surface area contributed by atoms with E-state index in [1.54, 1.807) is 25.1 Å². The second-order valence-electron chi connectivity index (χ2n) is 4.56. The molecule has 0 saturated heterocycles. The molecule has 110 valence electrons. The Morgan fingerprint density at radius 2 is 2.19 bits per heavy atom. The number of carbonyl (C=O) groups excluding carboxylic acids is 1. The highest BCUT2D eigenvalue weighted by Gasteiger charge is 2.11. The van der Waals surface area contributed by atoms with Gasteiger partial charge in [-0.1, -0.05) is 17.7 Å². The molecule has 5 nitrogen and oxygen atoms in total. The Kier molecular flexibility index (Phi) is 5.00. The Morgan fingerprint density at radius 3 is 2.86 bits per heavy atom. The van der Waals surface area contributed by atoms with Crippen molar-refractivity contribution in [3.8, 4) is 0 Å². The van der Waals surface area contributed by atoms with Crippen LogP contribution in [0.1, 0.15) is 18.4 Å². The van der Waals surface area contributed by atoms with Crippen LogP contribution < -0.4 is 10.7 Å². The van der Waals surface area contributed by atoms with Crippen LogP contribution >= 0.6 is 11.6 Å². The number of nitrogens with one attached hydrogen (secondary N) is 2. The first kappa shape index (κ1) is 15.1. The minimum absolute atomic E-state index is 0.255. The summed E-state index contributed by atoms with van der Waals surface area (Å²) in [5, 5.41) is 7.50. The number of benzene rings is 1. The summed E-state index contributed by atoms with van der Waals surface area (Å²) in [5.41, 5.74) is 3.22. The normalized spacial score (nSPS) is 12.3. The molecule has 6 heteroatoms. The first-order valence-electron chi connectivity index (χ1n) is 6.46. The second-order valence-corrected chi connectivity index (χ2v) is 5.00. The summed E-state index contributed by atoms with van der Waals surface area (Å²) in [5.74, 6) is 1.12. The van der Waals surface area contributed by atoms with Crippen LogP contribution in [0.2, 0.25) is 5.02 Å². The lowest BCUT2D eigenvalue weighted by atomic mass is 10.2. The van der Waals surface area contributed by atoms with E-state index in [0.29, 0.717) is 10.8 Å². The predicted molar refractivity (Wildman–Crippen MR) is 83.7 cm³/mol. The van der Waals surface area contributed by atoms with Crippen molar-refractivity contribution in [2.24, 2.45) is 5.10 Å². The number of aryl methyl sites for hydroxylation is 1. The monoisotopic (exact) mass is 305 g/mol.